The number of nitrogens with zero attached hydrogens (tertiary/aromatic N) is 1. The highest BCUT2D eigenvalue weighted by Gasteiger charge is 2.39. The third-order valence-electron chi connectivity index (χ3n) is 3.88. The number of amides is 1. The van der Waals surface area contributed by atoms with E-state index in [0.717, 1.165) is 5.56 Å². The van der Waals surface area contributed by atoms with E-state index in [1.54, 1.807) is 31.1 Å². The maximum atomic E-state index is 13.0. The molecule has 2 aromatic rings. The lowest BCUT2D eigenvalue weighted by Crippen LogP contribution is -2.47. The summed E-state index contributed by atoms with van der Waals surface area (Å²) in [6.07, 6.45) is 0. The molecular formula is C19H20BrNO3. The quantitative estimate of drug-likeness (QED) is 0.554. The first kappa shape index (κ1) is 18.2. The van der Waals surface area contributed by atoms with Crippen LogP contribution in [0.2, 0.25) is 0 Å². The SMILES string of the molecule is COc1ccc(N(Cc2ccccc2)C(=O)C(C)(Br)C(C)=O)cc1. The van der Waals surface area contributed by atoms with Crippen LogP contribution < -0.4 is 9.64 Å². The molecule has 2 aromatic carbocycles. The second kappa shape index (κ2) is 7.62. The molecule has 0 N–H and O–H groups in total. The first-order valence-corrected chi connectivity index (χ1v) is 8.35. The van der Waals surface area contributed by atoms with E-state index in [-0.39, 0.29) is 11.7 Å². The van der Waals surface area contributed by atoms with Crippen molar-refractivity contribution in [2.75, 3.05) is 12.0 Å². The smallest absolute Gasteiger partial charge is 0.251 e. The molecular weight excluding hydrogens is 370 g/mol. The van der Waals surface area contributed by atoms with E-state index in [1.807, 2.05) is 42.5 Å². The Bertz CT molecular complexity index is 711. The molecule has 0 saturated carbocycles. The van der Waals surface area contributed by atoms with Crippen LogP contribution in [0.3, 0.4) is 0 Å². The Morgan fingerprint density at radius 1 is 1.08 bits per heavy atom. The Balaban J connectivity index is 2.40. The van der Waals surface area contributed by atoms with E-state index >= 15 is 0 Å². The Morgan fingerprint density at radius 3 is 2.17 bits per heavy atom. The van der Waals surface area contributed by atoms with E-state index in [1.165, 1.54) is 6.92 Å². The van der Waals surface area contributed by atoms with Gasteiger partial charge in [0.1, 0.15) is 5.75 Å². The number of ether oxygens (including phenoxy) is 1. The third-order valence-corrected chi connectivity index (χ3v) is 4.77. The van der Waals surface area contributed by atoms with Crippen molar-refractivity contribution in [2.45, 2.75) is 24.7 Å². The van der Waals surface area contributed by atoms with E-state index in [0.29, 0.717) is 18.0 Å². The maximum Gasteiger partial charge on any atom is 0.251 e. The molecule has 0 heterocycles. The van der Waals surface area contributed by atoms with Gasteiger partial charge in [0.05, 0.1) is 13.7 Å². The summed E-state index contributed by atoms with van der Waals surface area (Å²) in [4.78, 5) is 26.5. The number of halogens is 1. The van der Waals surface area contributed by atoms with Crippen LogP contribution in [0, 0.1) is 0 Å². The number of hydrogen-bond donors (Lipinski definition) is 0. The number of ketones is 1. The minimum atomic E-state index is -1.26. The van der Waals surface area contributed by atoms with Gasteiger partial charge in [-0.2, -0.15) is 0 Å². The topological polar surface area (TPSA) is 46.6 Å². The van der Waals surface area contributed by atoms with E-state index in [4.69, 9.17) is 4.74 Å². The minimum absolute atomic E-state index is 0.237. The Labute approximate surface area is 150 Å². The monoisotopic (exact) mass is 389 g/mol. The molecule has 5 heteroatoms. The Morgan fingerprint density at radius 2 is 1.67 bits per heavy atom. The van der Waals surface area contributed by atoms with Gasteiger partial charge in [0.15, 0.2) is 10.1 Å². The van der Waals surface area contributed by atoms with E-state index < -0.39 is 4.32 Å². The molecule has 0 aliphatic rings. The number of carbonyl (C=O) groups excluding carboxylic acids is 2. The van der Waals surface area contributed by atoms with Crippen LogP contribution in [0.15, 0.2) is 54.6 Å². The van der Waals surface area contributed by atoms with Crippen molar-refractivity contribution in [3.63, 3.8) is 0 Å². The highest BCUT2D eigenvalue weighted by atomic mass is 79.9. The lowest BCUT2D eigenvalue weighted by molar-refractivity contribution is -0.128. The average Bonchev–Trinajstić information content (AvgIpc) is 2.60. The number of carbonyl (C=O) groups is 2. The highest BCUT2D eigenvalue weighted by molar-refractivity contribution is 9.10. The number of Topliss-reactive ketones (excluding diaryl/α,β-unsaturated/α-hetero) is 1. The fourth-order valence-corrected chi connectivity index (χ4v) is 2.43. The summed E-state index contributed by atoms with van der Waals surface area (Å²) in [6, 6.07) is 16.9. The summed E-state index contributed by atoms with van der Waals surface area (Å²) in [5.41, 5.74) is 1.69. The molecule has 1 unspecified atom stereocenters. The fourth-order valence-electron chi connectivity index (χ4n) is 2.21. The molecule has 1 atom stereocenters. The standard InChI is InChI=1S/C19H20BrNO3/c1-14(22)19(2,20)18(23)21(13-15-7-5-4-6-8-15)16-9-11-17(24-3)12-10-16/h4-12H,13H2,1-3H3. The van der Waals surface area contributed by atoms with Gasteiger partial charge in [-0.1, -0.05) is 46.3 Å². The van der Waals surface area contributed by atoms with Crippen molar-refractivity contribution in [3.05, 3.63) is 60.2 Å². The zero-order chi connectivity index (χ0) is 17.7. The summed E-state index contributed by atoms with van der Waals surface area (Å²) in [7, 11) is 1.59. The van der Waals surface area contributed by atoms with Crippen molar-refractivity contribution in [1.29, 1.82) is 0 Å². The Kier molecular flexibility index (Phi) is 5.78. The van der Waals surface area contributed by atoms with Crippen LogP contribution in [-0.2, 0) is 16.1 Å². The van der Waals surface area contributed by atoms with Crippen LogP contribution in [0.4, 0.5) is 5.69 Å². The second-order valence-corrected chi connectivity index (χ2v) is 7.22. The van der Waals surface area contributed by atoms with Gasteiger partial charge in [-0.15, -0.1) is 0 Å². The summed E-state index contributed by atoms with van der Waals surface area (Å²) in [5.74, 6) is 0.169. The van der Waals surface area contributed by atoms with Crippen LogP contribution in [0.5, 0.6) is 5.75 Å². The van der Waals surface area contributed by atoms with Crippen molar-refractivity contribution in [1.82, 2.24) is 0 Å². The molecule has 2 rings (SSSR count). The van der Waals surface area contributed by atoms with Crippen LogP contribution >= 0.6 is 15.9 Å². The molecule has 0 radical (unpaired) electrons. The first-order chi connectivity index (χ1) is 11.4. The molecule has 0 bridgehead atoms. The van der Waals surface area contributed by atoms with Gasteiger partial charge in [-0.3, -0.25) is 9.59 Å². The van der Waals surface area contributed by atoms with Gasteiger partial charge in [0, 0.05) is 5.69 Å². The van der Waals surface area contributed by atoms with Crippen LogP contribution in [0.25, 0.3) is 0 Å². The number of benzene rings is 2. The van der Waals surface area contributed by atoms with Crippen molar-refractivity contribution >= 4 is 33.3 Å². The number of hydrogen-bond acceptors (Lipinski definition) is 3. The predicted octanol–water partition coefficient (Wildman–Crippen LogP) is 3.97. The van der Waals surface area contributed by atoms with Gasteiger partial charge in [-0.05, 0) is 43.7 Å². The van der Waals surface area contributed by atoms with E-state index in [9.17, 15) is 9.59 Å². The molecule has 0 aliphatic heterocycles. The normalized spacial score (nSPS) is 13.0. The van der Waals surface area contributed by atoms with Crippen molar-refractivity contribution < 1.29 is 14.3 Å². The summed E-state index contributed by atoms with van der Waals surface area (Å²) in [5, 5.41) is 0. The molecule has 0 saturated heterocycles. The minimum Gasteiger partial charge on any atom is -0.497 e. The second-order valence-electron chi connectivity index (χ2n) is 5.63. The number of anilines is 1. The number of methoxy groups -OCH3 is 1. The summed E-state index contributed by atoms with van der Waals surface area (Å²) >= 11 is 3.29. The molecule has 4 nitrogen and oxygen atoms in total. The molecule has 126 valence electrons. The van der Waals surface area contributed by atoms with Crippen molar-refractivity contribution in [2.24, 2.45) is 0 Å². The highest BCUT2D eigenvalue weighted by Crippen LogP contribution is 2.28. The van der Waals surface area contributed by atoms with Crippen molar-refractivity contribution in [3.8, 4) is 5.75 Å². The average molecular weight is 390 g/mol. The lowest BCUT2D eigenvalue weighted by Gasteiger charge is -2.29. The lowest BCUT2D eigenvalue weighted by atomic mass is 10.0. The summed E-state index contributed by atoms with van der Waals surface area (Å²) < 4.78 is 3.90. The van der Waals surface area contributed by atoms with E-state index in [2.05, 4.69) is 15.9 Å². The molecule has 0 aromatic heterocycles. The largest absolute Gasteiger partial charge is 0.497 e. The maximum absolute atomic E-state index is 13.0. The fraction of sp³-hybridized carbons (Fsp3) is 0.263. The van der Waals surface area contributed by atoms with Crippen LogP contribution in [0.1, 0.15) is 19.4 Å². The predicted molar refractivity (Wildman–Crippen MR) is 98.6 cm³/mol. The Hall–Kier alpha value is -2.14. The third kappa shape index (κ3) is 4.03. The molecule has 1 amide bonds. The van der Waals surface area contributed by atoms with Crippen LogP contribution in [-0.4, -0.2) is 23.1 Å². The van der Waals surface area contributed by atoms with Gasteiger partial charge in [-0.25, -0.2) is 0 Å². The van der Waals surface area contributed by atoms with Gasteiger partial charge >= 0.3 is 0 Å². The molecule has 0 aliphatic carbocycles. The molecule has 0 fully saturated rings. The molecule has 24 heavy (non-hydrogen) atoms. The summed E-state index contributed by atoms with van der Waals surface area (Å²) in [6.45, 7) is 3.36. The molecule has 0 spiro atoms. The number of rotatable bonds is 6. The number of alkyl halides is 1. The van der Waals surface area contributed by atoms with Gasteiger partial charge in [0.25, 0.3) is 5.91 Å². The first-order valence-electron chi connectivity index (χ1n) is 7.56. The zero-order valence-corrected chi connectivity index (χ0v) is 15.5. The van der Waals surface area contributed by atoms with Gasteiger partial charge in [0.2, 0.25) is 0 Å². The zero-order valence-electron chi connectivity index (χ0n) is 14.0. The van der Waals surface area contributed by atoms with Gasteiger partial charge < -0.3 is 9.64 Å².